The van der Waals surface area contributed by atoms with Crippen LogP contribution in [0.2, 0.25) is 0 Å². The zero-order valence-electron chi connectivity index (χ0n) is 66.3. The quantitative estimate of drug-likeness (QED) is 0.0457. The normalized spacial score (nSPS) is 15.5. The Morgan fingerprint density at radius 3 is 1.14 bits per heavy atom. The van der Waals surface area contributed by atoms with Crippen molar-refractivity contribution in [2.75, 3.05) is 100 Å². The lowest BCUT2D eigenvalue weighted by Crippen LogP contribution is -2.34. The molecule has 4 aliphatic heterocycles. The summed E-state index contributed by atoms with van der Waals surface area (Å²) in [6.45, 7) is 24.0. The van der Waals surface area contributed by atoms with Crippen LogP contribution in [-0.2, 0) is 45.8 Å². The van der Waals surface area contributed by atoms with E-state index in [0.717, 1.165) is 163 Å². The van der Waals surface area contributed by atoms with Gasteiger partial charge in [0.1, 0.15) is 78.5 Å². The molecular weight excluding hydrogens is 1390 g/mol. The highest BCUT2D eigenvalue weighted by Crippen LogP contribution is 2.32. The number of para-hydroxylation sites is 8. The predicted molar refractivity (Wildman–Crippen MR) is 447 cm³/mol. The van der Waals surface area contributed by atoms with E-state index in [0.29, 0.717) is 32.5 Å². The van der Waals surface area contributed by atoms with E-state index >= 15 is 0 Å². The highest BCUT2D eigenvalue weighted by molar-refractivity contribution is 5.78. The van der Waals surface area contributed by atoms with E-state index in [4.69, 9.17) is 53.1 Å². The van der Waals surface area contributed by atoms with Crippen molar-refractivity contribution >= 4 is 50.2 Å². The first-order valence-electron chi connectivity index (χ1n) is 40.5. The molecule has 0 amide bonds. The van der Waals surface area contributed by atoms with Gasteiger partial charge in [0.2, 0.25) is 0 Å². The summed E-state index contributed by atoms with van der Waals surface area (Å²) in [7, 11) is 5.02. The lowest BCUT2D eigenvalue weighted by Gasteiger charge is -2.32. The summed E-state index contributed by atoms with van der Waals surface area (Å²) in [6.07, 6.45) is 19.8. The Hall–Kier alpha value is -10.2. The number of rotatable bonds is 28. The van der Waals surface area contributed by atoms with Crippen molar-refractivity contribution in [1.82, 2.24) is 57.8 Å². The van der Waals surface area contributed by atoms with Crippen LogP contribution in [0.4, 0.5) is 0 Å². The maximum Gasteiger partial charge on any atom is 0.161 e. The lowest BCUT2D eigenvalue weighted by atomic mass is 10.1. The molecule has 0 saturated carbocycles. The van der Waals surface area contributed by atoms with Gasteiger partial charge in [-0.3, -0.25) is 19.6 Å². The summed E-state index contributed by atoms with van der Waals surface area (Å²) < 4.78 is 49.3. The van der Waals surface area contributed by atoms with Crippen molar-refractivity contribution in [1.29, 1.82) is 0 Å². The minimum atomic E-state index is 0.314. The number of ether oxygens (including phenoxy) is 7. The highest BCUT2D eigenvalue weighted by atomic mass is 16.5. The Morgan fingerprint density at radius 2 is 0.730 bits per heavy atom. The van der Waals surface area contributed by atoms with Gasteiger partial charge in [0.25, 0.3) is 0 Å². The van der Waals surface area contributed by atoms with Crippen LogP contribution in [0.1, 0.15) is 131 Å². The van der Waals surface area contributed by atoms with Crippen LogP contribution in [-0.4, -0.2) is 158 Å². The molecule has 8 heterocycles. The second-order valence-corrected chi connectivity index (χ2v) is 29.4. The Morgan fingerprint density at radius 1 is 0.351 bits per heavy atom. The van der Waals surface area contributed by atoms with E-state index in [-0.39, 0.29) is 0 Å². The van der Waals surface area contributed by atoms with E-state index in [1.54, 1.807) is 21.3 Å². The van der Waals surface area contributed by atoms with Crippen LogP contribution in [0.3, 0.4) is 0 Å². The zero-order valence-corrected chi connectivity index (χ0v) is 66.3. The van der Waals surface area contributed by atoms with Gasteiger partial charge in [-0.25, -0.2) is 19.9 Å². The van der Waals surface area contributed by atoms with E-state index in [1.165, 1.54) is 131 Å². The number of aromatic nitrogens is 8. The Labute approximate surface area is 656 Å². The molecule has 4 fully saturated rings. The number of hydrogen-bond acceptors (Lipinski definition) is 15. The molecule has 4 saturated heterocycles. The highest BCUT2D eigenvalue weighted by Gasteiger charge is 2.25. The minimum absolute atomic E-state index is 0.314. The van der Waals surface area contributed by atoms with E-state index in [9.17, 15) is 0 Å². The minimum Gasteiger partial charge on any atom is -0.497 e. The Balaban J connectivity index is 0.000000130. The van der Waals surface area contributed by atoms with Gasteiger partial charge in [-0.05, 0) is 257 Å². The number of fused-ring (bicyclic) bond motifs is 4. The first kappa shape index (κ1) is 78.9. The van der Waals surface area contributed by atoms with Crippen molar-refractivity contribution in [2.24, 2.45) is 0 Å². The number of nitrogens with zero attached hydrogens (tertiary/aromatic N) is 12. The molecular formula is C92H114N12O7. The molecule has 0 N–H and O–H groups in total. The van der Waals surface area contributed by atoms with Gasteiger partial charge in [-0.1, -0.05) is 105 Å². The molecule has 16 rings (SSSR count). The summed E-state index contributed by atoms with van der Waals surface area (Å²) in [5, 5.41) is 0. The van der Waals surface area contributed by atoms with Crippen molar-refractivity contribution in [3.63, 3.8) is 0 Å². The molecule has 12 aromatic rings. The van der Waals surface area contributed by atoms with Gasteiger partial charge >= 0.3 is 0 Å². The number of hydrogen-bond donors (Lipinski definition) is 0. The largest absolute Gasteiger partial charge is 0.497 e. The molecule has 0 spiro atoms. The second-order valence-electron chi connectivity index (χ2n) is 29.4. The number of piperidine rings is 4. The van der Waals surface area contributed by atoms with Crippen LogP contribution in [0, 0.1) is 6.92 Å². The summed E-state index contributed by atoms with van der Waals surface area (Å²) >= 11 is 0. The Kier molecular flexibility index (Phi) is 28.9. The third-order valence-electron chi connectivity index (χ3n) is 21.6. The summed E-state index contributed by atoms with van der Waals surface area (Å²) in [5.41, 5.74) is 11.3. The number of likely N-dealkylation sites (tertiary alicyclic amines) is 4. The van der Waals surface area contributed by atoms with Gasteiger partial charge in [0, 0.05) is 0 Å². The first-order valence-corrected chi connectivity index (χ1v) is 40.5. The number of benzene rings is 8. The molecule has 0 bridgehead atoms. The topological polar surface area (TPSA) is 149 Å². The van der Waals surface area contributed by atoms with Crippen molar-refractivity contribution in [2.45, 2.75) is 150 Å². The third kappa shape index (κ3) is 21.7. The molecule has 1 unspecified atom stereocenters. The van der Waals surface area contributed by atoms with Gasteiger partial charge in [-0.2, -0.15) is 0 Å². The predicted octanol–water partition coefficient (Wildman–Crippen LogP) is 18.3. The summed E-state index contributed by atoms with van der Waals surface area (Å²) in [5.74, 6) is 10.4. The average Bonchev–Trinajstić information content (AvgIpc) is 1.65. The molecule has 0 aliphatic carbocycles. The molecule has 111 heavy (non-hydrogen) atoms. The molecule has 19 heteroatoms. The monoisotopic (exact) mass is 1500 g/mol. The lowest BCUT2D eigenvalue weighted by molar-refractivity contribution is 0.165. The second kappa shape index (κ2) is 40.7. The van der Waals surface area contributed by atoms with Gasteiger partial charge in [-0.15, -0.1) is 0 Å². The van der Waals surface area contributed by atoms with Crippen molar-refractivity contribution in [3.8, 4) is 40.2 Å². The molecule has 4 aromatic heterocycles. The van der Waals surface area contributed by atoms with Crippen LogP contribution in [0.5, 0.6) is 40.2 Å². The number of allylic oxidation sites excluding steroid dienone is 1. The van der Waals surface area contributed by atoms with Crippen molar-refractivity contribution in [3.05, 3.63) is 229 Å². The Bertz CT molecular complexity index is 4850. The third-order valence-corrected chi connectivity index (χ3v) is 21.6. The fraction of sp³-hybridized carbons (Fsp3) is 0.413. The first-order chi connectivity index (χ1) is 54.7. The van der Waals surface area contributed by atoms with E-state index < -0.39 is 0 Å². The molecule has 4 aliphatic rings. The maximum atomic E-state index is 6.12. The van der Waals surface area contributed by atoms with Crippen LogP contribution >= 0.6 is 0 Å². The van der Waals surface area contributed by atoms with Gasteiger partial charge < -0.3 is 51.4 Å². The SMILES string of the molecule is C/C=C/c1ccc(OCCn2c(CN3CCCCC3)nc3ccccc32)c(OC)c1.COc1ccc(OCCn2c(C(C)N3CCCCC3)nc3ccccc32)cc1.COc1ccc(OCCn2c(CN3CCCCC3)nc3ccccc32)cc1.Cc1cccc(OCCn2c(CN3CCCCC3)nc3ccccc32)c1. The number of methoxy groups -OCH3 is 3. The van der Waals surface area contributed by atoms with Gasteiger partial charge in [0.05, 0.1) is 117 Å². The summed E-state index contributed by atoms with van der Waals surface area (Å²) in [4.78, 5) is 29.9. The fourth-order valence-corrected chi connectivity index (χ4v) is 15.7. The zero-order chi connectivity index (χ0) is 76.4. The molecule has 1 atom stereocenters. The average molecular weight is 1500 g/mol. The maximum absolute atomic E-state index is 6.12. The molecule has 0 radical (unpaired) electrons. The van der Waals surface area contributed by atoms with Crippen molar-refractivity contribution < 1.29 is 33.2 Å². The van der Waals surface area contributed by atoms with E-state index in [2.05, 4.69) is 167 Å². The standard InChI is InChI=1S/C25H31N3O2.C23H29N3O2.C22H27N3O2.C22H27N3O/c1-3-9-20-12-13-23(24(18-20)29-2)30-17-16-28-22-11-6-5-10-21(22)26-25(28)19-27-14-7-4-8-15-27;1-18(25-14-6-3-7-15-25)23-24-21-8-4-5-9-22(21)26(23)16-17-28-20-12-10-19(27-2)11-13-20;1-26-18-9-11-19(12-10-18)27-16-15-25-21-8-4-3-7-20(21)23-22(25)17-24-13-5-2-6-14-24;1-18-8-7-9-19(16-18)26-15-14-25-21-11-4-3-10-20(21)23-22(25)17-24-12-5-2-6-13-24/h3,5-6,9-13,18H,4,7-8,14-17,19H2,1-2H3;4-5,8-13,18H,3,6-7,14-17H2,1-2H3;3-4,7-12H,2,5-6,13-17H2,1H3;3-4,7-11,16H,2,5-6,12-15,17H2,1H3/b9-3+;;;. The summed E-state index contributed by atoms with van der Waals surface area (Å²) in [6, 6.07) is 63.6. The smallest absolute Gasteiger partial charge is 0.161 e. The molecule has 584 valence electrons. The number of aryl methyl sites for hydroxylation is 1. The van der Waals surface area contributed by atoms with Crippen LogP contribution in [0.15, 0.2) is 194 Å². The molecule has 8 aromatic carbocycles. The van der Waals surface area contributed by atoms with E-state index in [1.807, 2.05) is 91.9 Å². The number of imidazole rings is 4. The van der Waals surface area contributed by atoms with Crippen LogP contribution in [0.25, 0.3) is 50.2 Å². The fourth-order valence-electron chi connectivity index (χ4n) is 15.7. The van der Waals surface area contributed by atoms with Gasteiger partial charge in [0.15, 0.2) is 11.5 Å². The molecule has 19 nitrogen and oxygen atoms in total. The van der Waals surface area contributed by atoms with Crippen LogP contribution < -0.4 is 33.2 Å².